The minimum absolute atomic E-state index is 0.138. The van der Waals surface area contributed by atoms with Gasteiger partial charge in [0.25, 0.3) is 10.7 Å². The molecule has 0 unspecified atom stereocenters. The predicted octanol–water partition coefficient (Wildman–Crippen LogP) is 2.93. The van der Waals surface area contributed by atoms with E-state index in [-0.39, 0.29) is 18.2 Å². The van der Waals surface area contributed by atoms with Crippen LogP contribution in [0.25, 0.3) is 21.7 Å². The number of ether oxygens (including phenoxy) is 1. The third kappa shape index (κ3) is 3.37. The van der Waals surface area contributed by atoms with Crippen molar-refractivity contribution in [3.8, 4) is 0 Å². The summed E-state index contributed by atoms with van der Waals surface area (Å²) < 4.78 is 6.87. The van der Waals surface area contributed by atoms with E-state index in [9.17, 15) is 9.90 Å². The van der Waals surface area contributed by atoms with Crippen LogP contribution in [0.2, 0.25) is 5.15 Å². The van der Waals surface area contributed by atoms with Gasteiger partial charge >= 0.3 is 0 Å². The summed E-state index contributed by atoms with van der Waals surface area (Å²) in [5, 5.41) is 13.5. The van der Waals surface area contributed by atoms with Crippen LogP contribution in [0, 0.1) is 0 Å². The van der Waals surface area contributed by atoms with Crippen LogP contribution in [0.4, 0.5) is 0 Å². The quantitative estimate of drug-likeness (QED) is 0.406. The second kappa shape index (κ2) is 7.80. The molecule has 1 saturated heterocycles. The number of hydrogen-bond donors (Lipinski definition) is 1. The highest BCUT2D eigenvalue weighted by atomic mass is 35.5. The van der Waals surface area contributed by atoms with Gasteiger partial charge in [-0.3, -0.25) is 9.36 Å². The second-order valence-electron chi connectivity index (χ2n) is 7.65. The van der Waals surface area contributed by atoms with Crippen molar-refractivity contribution in [1.82, 2.24) is 9.55 Å². The number of halogens is 1. The first kappa shape index (κ1) is 19.2. The molecule has 0 saturated carbocycles. The summed E-state index contributed by atoms with van der Waals surface area (Å²) in [7, 11) is 0. The highest BCUT2D eigenvalue weighted by Gasteiger charge is 2.27. The van der Waals surface area contributed by atoms with Crippen molar-refractivity contribution in [3.05, 3.63) is 81.6 Å². The number of aromatic amines is 1. The summed E-state index contributed by atoms with van der Waals surface area (Å²) in [6.45, 7) is 0.743. The molecule has 1 fully saturated rings. The Labute approximate surface area is 177 Å². The normalized spacial score (nSPS) is 19.4. The molecule has 2 N–H and O–H groups in total. The standard InChI is InChI=1S/C23H20ClN3O3/c24-21-6-5-14(11-25-21)9-15-10-18-22(17-4-2-1-3-16(15)17)26-13-27(23(18)29)19-7-8-30-12-20(19)28/h1-6,10-11,13,19-20,28H,7-9,12H2/p+1/t19-,20-/m0/s1. The zero-order valence-electron chi connectivity index (χ0n) is 16.2. The number of aliphatic hydroxyl groups excluding tert-OH is 1. The molecule has 1 aliphatic heterocycles. The fourth-order valence-electron chi connectivity index (χ4n) is 4.24. The molecular weight excluding hydrogens is 402 g/mol. The van der Waals surface area contributed by atoms with Gasteiger partial charge in [0.05, 0.1) is 36.0 Å². The van der Waals surface area contributed by atoms with Crippen LogP contribution in [-0.4, -0.2) is 34.0 Å². The number of fused-ring (bicyclic) bond motifs is 3. The van der Waals surface area contributed by atoms with Crippen LogP contribution in [0.5, 0.6) is 0 Å². The van der Waals surface area contributed by atoms with Crippen molar-refractivity contribution in [2.45, 2.75) is 25.0 Å². The molecular formula is C23H21ClN3O3+. The Morgan fingerprint density at radius 3 is 2.80 bits per heavy atom. The highest BCUT2D eigenvalue weighted by molar-refractivity contribution is 6.28. The Morgan fingerprint density at radius 2 is 2.03 bits per heavy atom. The van der Waals surface area contributed by atoms with Gasteiger partial charge in [0.15, 0.2) is 6.20 Å². The minimum atomic E-state index is -0.722. The smallest absolute Gasteiger partial charge is 0.273 e. The van der Waals surface area contributed by atoms with Crippen molar-refractivity contribution >= 4 is 33.3 Å². The maximum absolute atomic E-state index is 13.4. The molecule has 5 rings (SSSR count). The van der Waals surface area contributed by atoms with Crippen molar-refractivity contribution in [1.29, 1.82) is 0 Å². The van der Waals surface area contributed by atoms with Gasteiger partial charge in [0, 0.05) is 30.0 Å². The zero-order valence-corrected chi connectivity index (χ0v) is 17.0. The highest BCUT2D eigenvalue weighted by Crippen LogP contribution is 2.28. The van der Waals surface area contributed by atoms with Gasteiger partial charge in [0.1, 0.15) is 0 Å². The Balaban J connectivity index is 1.70. The molecule has 3 heterocycles. The fourth-order valence-corrected chi connectivity index (χ4v) is 4.35. The van der Waals surface area contributed by atoms with Crippen LogP contribution in [0.15, 0.2) is 59.8 Å². The van der Waals surface area contributed by atoms with E-state index in [4.69, 9.17) is 16.3 Å². The predicted molar refractivity (Wildman–Crippen MR) is 115 cm³/mol. The largest absolute Gasteiger partial charge is 0.389 e. The van der Waals surface area contributed by atoms with Gasteiger partial charge in [-0.05, 0) is 41.1 Å². The number of nitrogens with zero attached hydrogens (tertiary/aromatic N) is 2. The Bertz CT molecular complexity index is 1290. The molecule has 7 heteroatoms. The van der Waals surface area contributed by atoms with Crippen LogP contribution < -0.4 is 10.5 Å². The van der Waals surface area contributed by atoms with E-state index in [1.54, 1.807) is 10.9 Å². The van der Waals surface area contributed by atoms with Crippen LogP contribution in [-0.2, 0) is 11.2 Å². The van der Waals surface area contributed by atoms with Crippen molar-refractivity contribution in [2.24, 2.45) is 0 Å². The van der Waals surface area contributed by atoms with Crippen molar-refractivity contribution < 1.29 is 14.8 Å². The first-order valence-corrected chi connectivity index (χ1v) is 10.3. The first-order valence-electron chi connectivity index (χ1n) is 9.95. The van der Waals surface area contributed by atoms with E-state index in [1.807, 2.05) is 42.6 Å². The molecule has 0 aliphatic carbocycles. The number of hydrogen-bond acceptors (Lipinski definition) is 4. The Kier molecular flexibility index (Phi) is 4.98. The summed E-state index contributed by atoms with van der Waals surface area (Å²) in [6, 6.07) is 13.4. The van der Waals surface area contributed by atoms with E-state index in [2.05, 4.69) is 16.0 Å². The topological polar surface area (TPSA) is 78.5 Å². The van der Waals surface area contributed by atoms with Crippen molar-refractivity contribution in [3.63, 3.8) is 0 Å². The number of benzene rings is 2. The lowest BCUT2D eigenvalue weighted by Crippen LogP contribution is -2.39. The summed E-state index contributed by atoms with van der Waals surface area (Å²) in [4.78, 5) is 21.1. The summed E-state index contributed by atoms with van der Waals surface area (Å²) in [5.74, 6) is 0. The Morgan fingerprint density at radius 1 is 1.20 bits per heavy atom. The van der Waals surface area contributed by atoms with Crippen molar-refractivity contribution in [2.75, 3.05) is 13.2 Å². The average molecular weight is 423 g/mol. The SMILES string of the molecule is O=c1c2cc(Cc3ccc(Cl)[nH+]c3)c3ccccc3c2ncn1[C@H]1CCOC[C@@H]1O. The van der Waals surface area contributed by atoms with Crippen LogP contribution in [0.3, 0.4) is 0 Å². The molecule has 4 aromatic rings. The molecule has 2 aromatic carbocycles. The van der Waals surface area contributed by atoms with Gasteiger partial charge in [0.2, 0.25) is 0 Å². The molecule has 1 aliphatic rings. The maximum Gasteiger partial charge on any atom is 0.273 e. The minimum Gasteiger partial charge on any atom is -0.389 e. The van der Waals surface area contributed by atoms with Gasteiger partial charge in [-0.2, -0.15) is 0 Å². The number of aliphatic hydroxyl groups is 1. The molecule has 2 aromatic heterocycles. The van der Waals surface area contributed by atoms with Crippen LogP contribution >= 0.6 is 11.6 Å². The lowest BCUT2D eigenvalue weighted by Gasteiger charge is -2.29. The number of rotatable bonds is 3. The van der Waals surface area contributed by atoms with E-state index < -0.39 is 6.10 Å². The molecule has 30 heavy (non-hydrogen) atoms. The summed E-state index contributed by atoms with van der Waals surface area (Å²) in [5.41, 5.74) is 2.64. The summed E-state index contributed by atoms with van der Waals surface area (Å²) in [6.07, 6.45) is 3.94. The number of H-pyrrole nitrogens is 1. The van der Waals surface area contributed by atoms with E-state index in [1.165, 1.54) is 0 Å². The lowest BCUT2D eigenvalue weighted by molar-refractivity contribution is -0.376. The monoisotopic (exact) mass is 422 g/mol. The third-order valence-electron chi connectivity index (χ3n) is 5.76. The molecule has 0 amide bonds. The van der Waals surface area contributed by atoms with Gasteiger partial charge in [-0.1, -0.05) is 24.3 Å². The number of aromatic nitrogens is 3. The van der Waals surface area contributed by atoms with Gasteiger partial charge in [-0.25, -0.2) is 9.97 Å². The lowest BCUT2D eigenvalue weighted by atomic mass is 9.96. The number of pyridine rings is 1. The number of nitrogens with one attached hydrogen (secondary N) is 1. The zero-order chi connectivity index (χ0) is 20.7. The molecule has 152 valence electrons. The molecule has 0 radical (unpaired) electrons. The average Bonchev–Trinajstić information content (AvgIpc) is 2.77. The van der Waals surface area contributed by atoms with Crippen LogP contribution in [0.1, 0.15) is 23.6 Å². The van der Waals surface area contributed by atoms with Gasteiger partial charge < -0.3 is 9.84 Å². The Hall–Kier alpha value is -2.80. The second-order valence-corrected chi connectivity index (χ2v) is 8.06. The van der Waals surface area contributed by atoms with Gasteiger partial charge in [-0.15, -0.1) is 0 Å². The van der Waals surface area contributed by atoms with E-state index in [0.717, 1.165) is 21.9 Å². The maximum atomic E-state index is 13.4. The first-order chi connectivity index (χ1) is 14.6. The fraction of sp³-hybridized carbons (Fsp3) is 0.261. The van der Waals surface area contributed by atoms with E-state index >= 15 is 0 Å². The molecule has 2 atom stereocenters. The van der Waals surface area contributed by atoms with E-state index in [0.29, 0.717) is 35.5 Å². The summed E-state index contributed by atoms with van der Waals surface area (Å²) >= 11 is 5.97. The third-order valence-corrected chi connectivity index (χ3v) is 5.99. The molecule has 6 nitrogen and oxygen atoms in total. The molecule has 0 bridgehead atoms. The molecule has 0 spiro atoms.